The molecular weight excluding hydrogens is 254 g/mol. The minimum absolute atomic E-state index is 0.0631. The van der Waals surface area contributed by atoms with Gasteiger partial charge in [-0.15, -0.1) is 11.3 Å². The summed E-state index contributed by atoms with van der Waals surface area (Å²) in [5.41, 5.74) is 7.45. The molecule has 0 spiro atoms. The summed E-state index contributed by atoms with van der Waals surface area (Å²) in [6.45, 7) is 3.92. The van der Waals surface area contributed by atoms with Crippen LogP contribution in [0.5, 0.6) is 0 Å². The zero-order valence-electron chi connectivity index (χ0n) is 9.58. The molecule has 88 valence electrons. The number of benzene rings is 1. The lowest BCUT2D eigenvalue weighted by molar-refractivity contribution is 0.103. The summed E-state index contributed by atoms with van der Waals surface area (Å²) in [7, 11) is 0. The molecule has 0 fully saturated rings. The van der Waals surface area contributed by atoms with Crippen LogP contribution in [-0.4, -0.2) is 5.78 Å². The first-order valence-corrected chi connectivity index (χ1v) is 6.35. The molecule has 2 rings (SSSR count). The zero-order chi connectivity index (χ0) is 12.6. The molecule has 1 aromatic heterocycles. The normalized spacial score (nSPS) is 10.5. The minimum Gasteiger partial charge on any atom is -0.398 e. The van der Waals surface area contributed by atoms with Gasteiger partial charge < -0.3 is 5.73 Å². The molecular formula is C13H12ClNOS. The quantitative estimate of drug-likeness (QED) is 0.662. The molecule has 0 aliphatic heterocycles. The molecule has 0 saturated heterocycles. The Kier molecular flexibility index (Phi) is 3.22. The van der Waals surface area contributed by atoms with E-state index in [9.17, 15) is 4.79 Å². The highest BCUT2D eigenvalue weighted by atomic mass is 35.5. The van der Waals surface area contributed by atoms with Gasteiger partial charge in [0.25, 0.3) is 0 Å². The summed E-state index contributed by atoms with van der Waals surface area (Å²) in [4.78, 5) is 14.4. The van der Waals surface area contributed by atoms with Gasteiger partial charge in [-0.3, -0.25) is 4.79 Å². The number of ketones is 1. The van der Waals surface area contributed by atoms with Gasteiger partial charge in [-0.05, 0) is 38.1 Å². The molecule has 2 nitrogen and oxygen atoms in total. The highest BCUT2D eigenvalue weighted by molar-refractivity contribution is 7.12. The molecule has 0 unspecified atom stereocenters. The lowest BCUT2D eigenvalue weighted by Crippen LogP contribution is -2.05. The van der Waals surface area contributed by atoms with Crippen molar-refractivity contribution in [3.05, 3.63) is 50.2 Å². The molecule has 1 aromatic carbocycles. The second-order valence-corrected chi connectivity index (χ2v) is 5.78. The molecule has 2 N–H and O–H groups in total. The molecule has 0 aliphatic rings. The zero-order valence-corrected chi connectivity index (χ0v) is 11.2. The Labute approximate surface area is 109 Å². The maximum absolute atomic E-state index is 12.3. The maximum atomic E-state index is 12.3. The Morgan fingerprint density at radius 1 is 1.24 bits per heavy atom. The van der Waals surface area contributed by atoms with Crippen molar-refractivity contribution in [1.29, 1.82) is 0 Å². The Hall–Kier alpha value is -1.32. The molecule has 0 atom stereocenters. The van der Waals surface area contributed by atoms with Gasteiger partial charge in [0.05, 0.1) is 0 Å². The first-order chi connectivity index (χ1) is 7.99. The van der Waals surface area contributed by atoms with Crippen molar-refractivity contribution in [3.8, 4) is 0 Å². The van der Waals surface area contributed by atoms with Crippen molar-refractivity contribution < 1.29 is 4.79 Å². The molecule has 1 heterocycles. The molecule has 4 heteroatoms. The van der Waals surface area contributed by atoms with Crippen LogP contribution in [0.4, 0.5) is 5.69 Å². The monoisotopic (exact) mass is 265 g/mol. The summed E-state index contributed by atoms with van der Waals surface area (Å²) in [6.07, 6.45) is 0. The van der Waals surface area contributed by atoms with Crippen molar-refractivity contribution in [2.24, 2.45) is 0 Å². The van der Waals surface area contributed by atoms with Gasteiger partial charge in [-0.25, -0.2) is 0 Å². The second kappa shape index (κ2) is 4.51. The van der Waals surface area contributed by atoms with Gasteiger partial charge in [0.1, 0.15) is 0 Å². The number of carbonyl (C=O) groups is 1. The number of hydrogen-bond donors (Lipinski definition) is 1. The number of halogens is 1. The Morgan fingerprint density at radius 3 is 2.53 bits per heavy atom. The summed E-state index contributed by atoms with van der Waals surface area (Å²) >= 11 is 7.50. The number of carbonyl (C=O) groups excluding carboxylic acids is 1. The fraction of sp³-hybridized carbons (Fsp3) is 0.154. The molecule has 2 aromatic rings. The predicted octanol–water partition coefficient (Wildman–Crippen LogP) is 3.83. The van der Waals surface area contributed by atoms with E-state index >= 15 is 0 Å². The molecule has 0 amide bonds. The number of thiophene rings is 1. The topological polar surface area (TPSA) is 43.1 Å². The van der Waals surface area contributed by atoms with Crippen molar-refractivity contribution in [2.45, 2.75) is 13.8 Å². The highest BCUT2D eigenvalue weighted by Crippen LogP contribution is 2.26. The van der Waals surface area contributed by atoms with E-state index in [1.807, 2.05) is 19.9 Å². The number of anilines is 1. The number of nitrogen functional groups attached to an aromatic ring is 1. The molecule has 0 bridgehead atoms. The van der Waals surface area contributed by atoms with Gasteiger partial charge in [-0.2, -0.15) is 0 Å². The van der Waals surface area contributed by atoms with Crippen molar-refractivity contribution in [2.75, 3.05) is 5.73 Å². The van der Waals surface area contributed by atoms with E-state index in [1.54, 1.807) is 29.5 Å². The van der Waals surface area contributed by atoms with Crippen LogP contribution in [0.1, 0.15) is 25.7 Å². The average molecular weight is 266 g/mol. The molecule has 17 heavy (non-hydrogen) atoms. The van der Waals surface area contributed by atoms with Gasteiger partial charge in [0.15, 0.2) is 5.78 Å². The van der Waals surface area contributed by atoms with Crippen LogP contribution < -0.4 is 5.73 Å². The predicted molar refractivity (Wildman–Crippen MR) is 73.1 cm³/mol. The smallest absolute Gasteiger partial charge is 0.196 e. The van der Waals surface area contributed by atoms with Crippen LogP contribution in [0.2, 0.25) is 5.02 Å². The van der Waals surface area contributed by atoms with Crippen LogP contribution in [0, 0.1) is 13.8 Å². The number of aryl methyl sites for hydroxylation is 2. The summed E-state index contributed by atoms with van der Waals surface area (Å²) in [5, 5.41) is 0.521. The third kappa shape index (κ3) is 2.35. The summed E-state index contributed by atoms with van der Waals surface area (Å²) in [6, 6.07) is 6.85. The van der Waals surface area contributed by atoms with E-state index < -0.39 is 0 Å². The Bertz CT molecular complexity index is 589. The fourth-order valence-corrected chi connectivity index (χ4v) is 2.82. The Balaban J connectivity index is 2.50. The first-order valence-electron chi connectivity index (χ1n) is 5.16. The van der Waals surface area contributed by atoms with E-state index in [0.29, 0.717) is 21.8 Å². The standard InChI is InChI=1S/C13H12ClNOS/c1-7-5-10(8(2)17-7)13(16)11-6-9(14)3-4-12(11)15/h3-6H,15H2,1-2H3. The van der Waals surface area contributed by atoms with Crippen LogP contribution in [0.3, 0.4) is 0 Å². The largest absolute Gasteiger partial charge is 0.398 e. The Morgan fingerprint density at radius 2 is 1.94 bits per heavy atom. The van der Waals surface area contributed by atoms with Crippen molar-refractivity contribution in [3.63, 3.8) is 0 Å². The van der Waals surface area contributed by atoms with Crippen molar-refractivity contribution >= 4 is 34.4 Å². The van der Waals surface area contributed by atoms with Crippen LogP contribution >= 0.6 is 22.9 Å². The van der Waals surface area contributed by atoms with Crippen LogP contribution in [0.15, 0.2) is 24.3 Å². The third-order valence-corrected chi connectivity index (χ3v) is 3.75. The van der Waals surface area contributed by atoms with Gasteiger partial charge in [-0.1, -0.05) is 11.6 Å². The molecule has 0 radical (unpaired) electrons. The second-order valence-electron chi connectivity index (χ2n) is 3.89. The fourth-order valence-electron chi connectivity index (χ4n) is 1.73. The molecule has 0 saturated carbocycles. The summed E-state index contributed by atoms with van der Waals surface area (Å²) in [5.74, 6) is -0.0631. The van der Waals surface area contributed by atoms with E-state index in [2.05, 4.69) is 0 Å². The average Bonchev–Trinajstić information content (AvgIpc) is 2.60. The number of hydrogen-bond acceptors (Lipinski definition) is 3. The minimum atomic E-state index is -0.0631. The maximum Gasteiger partial charge on any atom is 0.196 e. The highest BCUT2D eigenvalue weighted by Gasteiger charge is 2.16. The summed E-state index contributed by atoms with van der Waals surface area (Å²) < 4.78 is 0. The van der Waals surface area contributed by atoms with Gasteiger partial charge >= 0.3 is 0 Å². The molecule has 0 aliphatic carbocycles. The van der Waals surface area contributed by atoms with Gasteiger partial charge in [0.2, 0.25) is 0 Å². The van der Waals surface area contributed by atoms with Crippen molar-refractivity contribution in [1.82, 2.24) is 0 Å². The first kappa shape index (κ1) is 12.1. The van der Waals surface area contributed by atoms with E-state index in [1.165, 1.54) is 0 Å². The number of rotatable bonds is 2. The van der Waals surface area contributed by atoms with E-state index in [0.717, 1.165) is 9.75 Å². The van der Waals surface area contributed by atoms with E-state index in [-0.39, 0.29) is 5.78 Å². The van der Waals surface area contributed by atoms with E-state index in [4.69, 9.17) is 17.3 Å². The lowest BCUT2D eigenvalue weighted by Gasteiger charge is -2.04. The lowest BCUT2D eigenvalue weighted by atomic mass is 10.0. The SMILES string of the molecule is Cc1cc(C(=O)c2cc(Cl)ccc2N)c(C)s1. The van der Waals surface area contributed by atoms with Gasteiger partial charge in [0, 0.05) is 31.6 Å². The van der Waals surface area contributed by atoms with Crippen LogP contribution in [-0.2, 0) is 0 Å². The number of nitrogens with two attached hydrogens (primary N) is 1. The van der Waals surface area contributed by atoms with Crippen LogP contribution in [0.25, 0.3) is 0 Å². The third-order valence-electron chi connectivity index (χ3n) is 2.55.